The van der Waals surface area contributed by atoms with E-state index in [2.05, 4.69) is 21.2 Å². The summed E-state index contributed by atoms with van der Waals surface area (Å²) in [6.07, 6.45) is 0. The van der Waals surface area contributed by atoms with Gasteiger partial charge >= 0.3 is 5.97 Å². The van der Waals surface area contributed by atoms with Crippen LogP contribution in [0.4, 0.5) is 5.69 Å². The van der Waals surface area contributed by atoms with Crippen molar-refractivity contribution in [2.24, 2.45) is 0 Å². The highest BCUT2D eigenvalue weighted by molar-refractivity contribution is 9.10. The van der Waals surface area contributed by atoms with Gasteiger partial charge in [0.1, 0.15) is 6.61 Å². The minimum atomic E-state index is -0.432. The lowest BCUT2D eigenvalue weighted by Crippen LogP contribution is -2.09. The predicted molar refractivity (Wildman–Crippen MR) is 84.0 cm³/mol. The molecule has 0 aliphatic rings. The van der Waals surface area contributed by atoms with E-state index in [1.807, 2.05) is 24.3 Å². The van der Waals surface area contributed by atoms with Crippen molar-refractivity contribution in [2.45, 2.75) is 13.5 Å². The summed E-state index contributed by atoms with van der Waals surface area (Å²) in [6, 6.07) is 14.2. The zero-order valence-electron chi connectivity index (χ0n) is 11.4. The van der Waals surface area contributed by atoms with Gasteiger partial charge in [0.05, 0.1) is 5.56 Å². The molecular weight excluding hydrogens is 334 g/mol. The van der Waals surface area contributed by atoms with E-state index in [1.165, 1.54) is 6.92 Å². The van der Waals surface area contributed by atoms with Crippen molar-refractivity contribution in [3.05, 3.63) is 64.1 Å². The molecule has 4 nitrogen and oxygen atoms in total. The summed E-state index contributed by atoms with van der Waals surface area (Å²) in [7, 11) is 0. The lowest BCUT2D eigenvalue weighted by atomic mass is 10.2. The molecule has 0 heterocycles. The number of ether oxygens (including phenoxy) is 1. The molecule has 2 aromatic carbocycles. The van der Waals surface area contributed by atoms with E-state index in [1.54, 1.807) is 24.3 Å². The zero-order chi connectivity index (χ0) is 15.2. The fourth-order valence-electron chi connectivity index (χ4n) is 1.77. The van der Waals surface area contributed by atoms with Crippen LogP contribution >= 0.6 is 15.9 Å². The first-order chi connectivity index (χ1) is 10.1. The van der Waals surface area contributed by atoms with Crippen molar-refractivity contribution < 1.29 is 14.3 Å². The van der Waals surface area contributed by atoms with Crippen LogP contribution in [0, 0.1) is 0 Å². The summed E-state index contributed by atoms with van der Waals surface area (Å²) in [6.45, 7) is 1.60. The average molecular weight is 348 g/mol. The van der Waals surface area contributed by atoms with Crippen LogP contribution in [0.2, 0.25) is 0 Å². The molecule has 0 unspecified atom stereocenters. The first-order valence-electron chi connectivity index (χ1n) is 6.34. The van der Waals surface area contributed by atoms with E-state index in [-0.39, 0.29) is 12.5 Å². The van der Waals surface area contributed by atoms with E-state index in [0.717, 1.165) is 10.0 Å². The summed E-state index contributed by atoms with van der Waals surface area (Å²) < 4.78 is 6.17. The number of esters is 1. The highest BCUT2D eigenvalue weighted by Gasteiger charge is 2.09. The number of carbonyl (C=O) groups excluding carboxylic acids is 2. The maximum Gasteiger partial charge on any atom is 0.338 e. The highest BCUT2D eigenvalue weighted by atomic mass is 79.9. The maximum atomic E-state index is 12.0. The summed E-state index contributed by atoms with van der Waals surface area (Å²) in [4.78, 5) is 23.0. The van der Waals surface area contributed by atoms with E-state index in [9.17, 15) is 9.59 Å². The van der Waals surface area contributed by atoms with Gasteiger partial charge in [-0.25, -0.2) is 4.79 Å². The standard InChI is InChI=1S/C16H14BrNO3/c1-11(19)18-14-7-4-6-12(9-14)16(20)21-10-13-5-2-3-8-15(13)17/h2-9H,10H2,1H3,(H,18,19). The molecule has 0 bridgehead atoms. The van der Waals surface area contributed by atoms with Gasteiger partial charge in [-0.3, -0.25) is 4.79 Å². The molecule has 2 rings (SSSR count). The highest BCUT2D eigenvalue weighted by Crippen LogP contribution is 2.18. The molecule has 0 spiro atoms. The molecular formula is C16H14BrNO3. The predicted octanol–water partition coefficient (Wildman–Crippen LogP) is 3.76. The van der Waals surface area contributed by atoms with Crippen LogP contribution in [0.5, 0.6) is 0 Å². The Balaban J connectivity index is 2.03. The smallest absolute Gasteiger partial charge is 0.338 e. The lowest BCUT2D eigenvalue weighted by molar-refractivity contribution is -0.114. The molecule has 0 atom stereocenters. The Hall–Kier alpha value is -2.14. The quantitative estimate of drug-likeness (QED) is 0.856. The zero-order valence-corrected chi connectivity index (χ0v) is 13.0. The number of carbonyl (C=O) groups is 2. The molecule has 0 aliphatic carbocycles. The number of hydrogen-bond acceptors (Lipinski definition) is 3. The van der Waals surface area contributed by atoms with Gasteiger partial charge in [-0.1, -0.05) is 40.2 Å². The number of halogens is 1. The van der Waals surface area contributed by atoms with Crippen LogP contribution < -0.4 is 5.32 Å². The van der Waals surface area contributed by atoms with Gasteiger partial charge in [-0.15, -0.1) is 0 Å². The molecule has 2 aromatic rings. The molecule has 0 saturated heterocycles. The van der Waals surface area contributed by atoms with E-state index in [4.69, 9.17) is 4.74 Å². The van der Waals surface area contributed by atoms with Crippen molar-refractivity contribution in [2.75, 3.05) is 5.32 Å². The summed E-state index contributed by atoms with van der Waals surface area (Å²) in [5.41, 5.74) is 1.86. The number of hydrogen-bond donors (Lipinski definition) is 1. The van der Waals surface area contributed by atoms with Crippen LogP contribution in [0.25, 0.3) is 0 Å². The van der Waals surface area contributed by atoms with Gasteiger partial charge in [0, 0.05) is 22.6 Å². The summed E-state index contributed by atoms with van der Waals surface area (Å²) in [5, 5.41) is 2.63. The number of anilines is 1. The molecule has 0 saturated carbocycles. The molecule has 108 valence electrons. The monoisotopic (exact) mass is 347 g/mol. The van der Waals surface area contributed by atoms with Crippen molar-refractivity contribution in [3.63, 3.8) is 0 Å². The topological polar surface area (TPSA) is 55.4 Å². The third-order valence-electron chi connectivity index (χ3n) is 2.74. The van der Waals surface area contributed by atoms with Crippen molar-refractivity contribution in [3.8, 4) is 0 Å². The Morgan fingerprint density at radius 1 is 1.14 bits per heavy atom. The molecule has 0 aromatic heterocycles. The second-order valence-electron chi connectivity index (χ2n) is 4.43. The minimum Gasteiger partial charge on any atom is -0.457 e. The SMILES string of the molecule is CC(=O)Nc1cccc(C(=O)OCc2ccccc2Br)c1. The number of nitrogens with one attached hydrogen (secondary N) is 1. The third-order valence-corrected chi connectivity index (χ3v) is 3.51. The third kappa shape index (κ3) is 4.43. The molecule has 0 fully saturated rings. The number of benzene rings is 2. The second-order valence-corrected chi connectivity index (χ2v) is 5.28. The van der Waals surface area contributed by atoms with E-state index >= 15 is 0 Å². The molecule has 5 heteroatoms. The average Bonchev–Trinajstić information content (AvgIpc) is 2.45. The Morgan fingerprint density at radius 3 is 2.62 bits per heavy atom. The molecule has 21 heavy (non-hydrogen) atoms. The fourth-order valence-corrected chi connectivity index (χ4v) is 2.17. The van der Waals surface area contributed by atoms with Gasteiger partial charge in [0.25, 0.3) is 0 Å². The maximum absolute atomic E-state index is 12.0. The van der Waals surface area contributed by atoms with Crippen LogP contribution in [0.3, 0.4) is 0 Å². The van der Waals surface area contributed by atoms with Gasteiger partial charge in [-0.05, 0) is 24.3 Å². The first kappa shape index (κ1) is 15.3. The Bertz CT molecular complexity index is 670. The van der Waals surface area contributed by atoms with Gasteiger partial charge in [0.15, 0.2) is 0 Å². The number of rotatable bonds is 4. The van der Waals surface area contributed by atoms with E-state index < -0.39 is 5.97 Å². The molecule has 0 aliphatic heterocycles. The normalized spacial score (nSPS) is 10.0. The van der Waals surface area contributed by atoms with E-state index in [0.29, 0.717) is 11.3 Å². The van der Waals surface area contributed by atoms with Crippen LogP contribution in [-0.2, 0) is 16.1 Å². The van der Waals surface area contributed by atoms with Crippen LogP contribution in [-0.4, -0.2) is 11.9 Å². The van der Waals surface area contributed by atoms with Gasteiger partial charge in [0.2, 0.25) is 5.91 Å². The summed E-state index contributed by atoms with van der Waals surface area (Å²) >= 11 is 3.40. The lowest BCUT2D eigenvalue weighted by Gasteiger charge is -2.08. The Labute approximate surface area is 131 Å². The largest absolute Gasteiger partial charge is 0.457 e. The first-order valence-corrected chi connectivity index (χ1v) is 7.14. The molecule has 0 radical (unpaired) electrons. The Morgan fingerprint density at radius 2 is 1.90 bits per heavy atom. The van der Waals surface area contributed by atoms with Crippen molar-refractivity contribution in [1.29, 1.82) is 0 Å². The van der Waals surface area contributed by atoms with Crippen LogP contribution in [0.15, 0.2) is 53.0 Å². The van der Waals surface area contributed by atoms with Gasteiger partial charge < -0.3 is 10.1 Å². The molecule has 1 N–H and O–H groups in total. The second kappa shape index (κ2) is 7.04. The van der Waals surface area contributed by atoms with Crippen molar-refractivity contribution >= 4 is 33.5 Å². The van der Waals surface area contributed by atoms with Crippen molar-refractivity contribution in [1.82, 2.24) is 0 Å². The van der Waals surface area contributed by atoms with Gasteiger partial charge in [-0.2, -0.15) is 0 Å². The fraction of sp³-hybridized carbons (Fsp3) is 0.125. The van der Waals surface area contributed by atoms with Crippen LogP contribution in [0.1, 0.15) is 22.8 Å². The minimum absolute atomic E-state index is 0.185. The Kier molecular flexibility index (Phi) is 5.11. The molecule has 1 amide bonds. The number of amides is 1. The summed E-state index contributed by atoms with van der Waals surface area (Å²) in [5.74, 6) is -0.619.